The zero-order valence-electron chi connectivity index (χ0n) is 14.0. The first-order chi connectivity index (χ1) is 11.0. The van der Waals surface area contributed by atoms with Crippen LogP contribution in [0.1, 0.15) is 37.8 Å². The molecular formula is C18H26ClN3O. The van der Waals surface area contributed by atoms with E-state index in [0.717, 1.165) is 43.9 Å². The first-order valence-electron chi connectivity index (χ1n) is 8.52. The lowest BCUT2D eigenvalue weighted by Gasteiger charge is -2.35. The second-order valence-electron chi connectivity index (χ2n) is 6.82. The highest BCUT2D eigenvalue weighted by atomic mass is 35.5. The van der Waals surface area contributed by atoms with Gasteiger partial charge in [0.15, 0.2) is 0 Å². The van der Waals surface area contributed by atoms with Crippen LogP contribution in [-0.4, -0.2) is 54.5 Å². The standard InChI is InChI=1S/C18H26ClN3O/c1-13(23)22-11-7-16(8-12-22)20-17-9-10-21(2)18(17)14-3-5-15(19)6-4-14/h3-6,16-18,20H,7-12H2,1-2H3/t17-,18+/m1/s1. The minimum atomic E-state index is 0.197. The molecule has 1 N–H and O–H groups in total. The molecule has 5 heteroatoms. The lowest BCUT2D eigenvalue weighted by molar-refractivity contribution is -0.129. The molecule has 2 aliphatic rings. The van der Waals surface area contributed by atoms with Gasteiger partial charge in [-0.2, -0.15) is 0 Å². The van der Waals surface area contributed by atoms with E-state index in [0.29, 0.717) is 18.1 Å². The normalized spacial score (nSPS) is 26.7. The molecule has 0 radical (unpaired) electrons. The van der Waals surface area contributed by atoms with Crippen molar-refractivity contribution in [3.63, 3.8) is 0 Å². The average molecular weight is 336 g/mol. The topological polar surface area (TPSA) is 35.6 Å². The maximum atomic E-state index is 11.4. The summed E-state index contributed by atoms with van der Waals surface area (Å²) < 4.78 is 0. The summed E-state index contributed by atoms with van der Waals surface area (Å²) in [4.78, 5) is 15.8. The lowest BCUT2D eigenvalue weighted by atomic mass is 9.97. The quantitative estimate of drug-likeness (QED) is 0.922. The van der Waals surface area contributed by atoms with Gasteiger partial charge in [0.1, 0.15) is 0 Å². The number of amides is 1. The molecule has 0 saturated carbocycles. The number of halogens is 1. The minimum absolute atomic E-state index is 0.197. The van der Waals surface area contributed by atoms with Crippen LogP contribution in [-0.2, 0) is 4.79 Å². The molecule has 23 heavy (non-hydrogen) atoms. The van der Waals surface area contributed by atoms with Crippen LogP contribution in [0.25, 0.3) is 0 Å². The Morgan fingerprint density at radius 1 is 1.13 bits per heavy atom. The Bertz CT molecular complexity index is 540. The van der Waals surface area contributed by atoms with Gasteiger partial charge in [0.05, 0.1) is 0 Å². The maximum Gasteiger partial charge on any atom is 0.219 e. The van der Waals surface area contributed by atoms with Gasteiger partial charge in [-0.25, -0.2) is 0 Å². The molecule has 3 rings (SSSR count). The molecule has 1 aromatic carbocycles. The highest BCUT2D eigenvalue weighted by Crippen LogP contribution is 2.32. The van der Waals surface area contributed by atoms with Crippen LogP contribution < -0.4 is 5.32 Å². The largest absolute Gasteiger partial charge is 0.343 e. The molecule has 2 heterocycles. The van der Waals surface area contributed by atoms with Gasteiger partial charge in [-0.05, 0) is 44.0 Å². The van der Waals surface area contributed by atoms with Crippen LogP contribution in [0.4, 0.5) is 0 Å². The number of piperidine rings is 1. The van der Waals surface area contributed by atoms with Gasteiger partial charge in [0, 0.05) is 49.7 Å². The van der Waals surface area contributed by atoms with Crippen molar-refractivity contribution in [1.82, 2.24) is 15.1 Å². The Hall–Kier alpha value is -1.10. The van der Waals surface area contributed by atoms with Gasteiger partial charge in [-0.1, -0.05) is 23.7 Å². The van der Waals surface area contributed by atoms with Gasteiger partial charge in [0.2, 0.25) is 5.91 Å². The predicted octanol–water partition coefficient (Wildman–Crippen LogP) is 2.69. The van der Waals surface area contributed by atoms with Crippen LogP contribution in [0.3, 0.4) is 0 Å². The molecule has 1 aromatic rings. The molecule has 2 atom stereocenters. The Kier molecular flexibility index (Phi) is 5.24. The van der Waals surface area contributed by atoms with Crippen LogP contribution in [0, 0.1) is 0 Å². The van der Waals surface area contributed by atoms with Crippen molar-refractivity contribution in [2.75, 3.05) is 26.7 Å². The third-order valence-corrected chi connectivity index (χ3v) is 5.50. The number of hydrogen-bond acceptors (Lipinski definition) is 3. The maximum absolute atomic E-state index is 11.4. The van der Waals surface area contributed by atoms with E-state index in [9.17, 15) is 4.79 Å². The molecule has 0 unspecified atom stereocenters. The fourth-order valence-corrected chi connectivity index (χ4v) is 4.06. The van der Waals surface area contributed by atoms with Crippen molar-refractivity contribution in [2.45, 2.75) is 44.3 Å². The van der Waals surface area contributed by atoms with Gasteiger partial charge < -0.3 is 10.2 Å². The van der Waals surface area contributed by atoms with E-state index in [-0.39, 0.29) is 5.91 Å². The third-order valence-electron chi connectivity index (χ3n) is 5.25. The first-order valence-corrected chi connectivity index (χ1v) is 8.89. The molecule has 126 valence electrons. The van der Waals surface area contributed by atoms with Gasteiger partial charge in [-0.3, -0.25) is 9.69 Å². The van der Waals surface area contributed by atoms with Crippen LogP contribution >= 0.6 is 11.6 Å². The Morgan fingerprint density at radius 2 is 1.78 bits per heavy atom. The Balaban J connectivity index is 1.63. The summed E-state index contributed by atoms with van der Waals surface area (Å²) in [7, 11) is 2.19. The molecule has 1 amide bonds. The second-order valence-corrected chi connectivity index (χ2v) is 7.26. The molecule has 4 nitrogen and oxygen atoms in total. The molecule has 0 bridgehead atoms. The lowest BCUT2D eigenvalue weighted by Crippen LogP contribution is -2.48. The summed E-state index contributed by atoms with van der Waals surface area (Å²) in [5.74, 6) is 0.197. The number of carbonyl (C=O) groups excluding carboxylic acids is 1. The van der Waals surface area contributed by atoms with Crippen LogP contribution in [0.2, 0.25) is 5.02 Å². The van der Waals surface area contributed by atoms with Crippen molar-refractivity contribution in [3.8, 4) is 0 Å². The number of rotatable bonds is 3. The van der Waals surface area contributed by atoms with E-state index in [1.165, 1.54) is 5.56 Å². The summed E-state index contributed by atoms with van der Waals surface area (Å²) in [6.07, 6.45) is 3.26. The van der Waals surface area contributed by atoms with Crippen molar-refractivity contribution in [1.29, 1.82) is 0 Å². The highest BCUT2D eigenvalue weighted by molar-refractivity contribution is 6.30. The number of nitrogens with one attached hydrogen (secondary N) is 1. The van der Waals surface area contributed by atoms with E-state index in [4.69, 9.17) is 11.6 Å². The first kappa shape index (κ1) is 16.7. The van der Waals surface area contributed by atoms with Gasteiger partial charge >= 0.3 is 0 Å². The van der Waals surface area contributed by atoms with E-state index in [1.807, 2.05) is 17.0 Å². The molecule has 2 aliphatic heterocycles. The van der Waals surface area contributed by atoms with Gasteiger partial charge in [0.25, 0.3) is 0 Å². The molecular weight excluding hydrogens is 310 g/mol. The van der Waals surface area contributed by atoms with Crippen LogP contribution in [0.5, 0.6) is 0 Å². The van der Waals surface area contributed by atoms with Crippen LogP contribution in [0.15, 0.2) is 24.3 Å². The number of likely N-dealkylation sites (tertiary alicyclic amines) is 2. The zero-order chi connectivity index (χ0) is 16.4. The van der Waals surface area contributed by atoms with E-state index in [1.54, 1.807) is 6.92 Å². The summed E-state index contributed by atoms with van der Waals surface area (Å²) in [5.41, 5.74) is 1.33. The monoisotopic (exact) mass is 335 g/mol. The number of carbonyl (C=O) groups is 1. The molecule has 0 spiro atoms. The SMILES string of the molecule is CC(=O)N1CCC(N[C@@H]2CCN(C)[C@H]2c2ccc(Cl)cc2)CC1. The van der Waals surface area contributed by atoms with E-state index >= 15 is 0 Å². The van der Waals surface area contributed by atoms with Crippen molar-refractivity contribution < 1.29 is 4.79 Å². The zero-order valence-corrected chi connectivity index (χ0v) is 14.7. The summed E-state index contributed by atoms with van der Waals surface area (Å²) >= 11 is 6.02. The fourth-order valence-electron chi connectivity index (χ4n) is 3.93. The molecule has 0 aromatic heterocycles. The third kappa shape index (κ3) is 3.87. The van der Waals surface area contributed by atoms with E-state index in [2.05, 4.69) is 29.4 Å². The van der Waals surface area contributed by atoms with Gasteiger partial charge in [-0.15, -0.1) is 0 Å². The number of likely N-dealkylation sites (N-methyl/N-ethyl adjacent to an activating group) is 1. The summed E-state index contributed by atoms with van der Waals surface area (Å²) in [5, 5.41) is 4.65. The number of nitrogens with zero attached hydrogens (tertiary/aromatic N) is 2. The Labute approximate surface area is 143 Å². The average Bonchev–Trinajstić information content (AvgIpc) is 2.89. The number of benzene rings is 1. The Morgan fingerprint density at radius 3 is 2.39 bits per heavy atom. The fraction of sp³-hybridized carbons (Fsp3) is 0.611. The summed E-state index contributed by atoms with van der Waals surface area (Å²) in [6, 6.07) is 9.62. The molecule has 0 aliphatic carbocycles. The summed E-state index contributed by atoms with van der Waals surface area (Å²) in [6.45, 7) is 4.52. The van der Waals surface area contributed by atoms with E-state index < -0.39 is 0 Å². The molecule has 2 fully saturated rings. The van der Waals surface area contributed by atoms with Crippen molar-refractivity contribution in [2.24, 2.45) is 0 Å². The number of hydrogen-bond donors (Lipinski definition) is 1. The van der Waals surface area contributed by atoms with Crippen molar-refractivity contribution in [3.05, 3.63) is 34.9 Å². The predicted molar refractivity (Wildman–Crippen MR) is 93.6 cm³/mol. The smallest absolute Gasteiger partial charge is 0.219 e. The molecule has 2 saturated heterocycles. The second kappa shape index (κ2) is 7.20. The highest BCUT2D eigenvalue weighted by Gasteiger charge is 2.34. The van der Waals surface area contributed by atoms with Crippen molar-refractivity contribution >= 4 is 17.5 Å². The minimum Gasteiger partial charge on any atom is -0.343 e.